The van der Waals surface area contributed by atoms with Crippen molar-refractivity contribution in [1.29, 1.82) is 0 Å². The third kappa shape index (κ3) is 7.75. The Labute approximate surface area is 192 Å². The maximum atomic E-state index is 12.6. The average Bonchev–Trinajstić information content (AvgIpc) is 2.76. The van der Waals surface area contributed by atoms with Crippen LogP contribution in [0.5, 0.6) is 0 Å². The van der Waals surface area contributed by atoms with Gasteiger partial charge >= 0.3 is 18.0 Å². The van der Waals surface area contributed by atoms with Gasteiger partial charge in [0.15, 0.2) is 0 Å². The largest absolute Gasteiger partial charge is 0.481 e. The predicted octanol–water partition coefficient (Wildman–Crippen LogP) is 3.94. The number of anilines is 1. The number of carbonyl (C=O) groups is 3. The van der Waals surface area contributed by atoms with Crippen molar-refractivity contribution >= 4 is 35.3 Å². The molecule has 2 aromatic rings. The van der Waals surface area contributed by atoms with Crippen LogP contribution in [0.4, 0.5) is 15.3 Å². The van der Waals surface area contributed by atoms with Crippen molar-refractivity contribution in [3.63, 3.8) is 0 Å². The topological polar surface area (TPSA) is 123 Å². The molecule has 0 fully saturated rings. The second-order valence-corrected chi connectivity index (χ2v) is 8.03. The number of hydrazine groups is 2. The Bertz CT molecular complexity index is 936. The second kappa shape index (κ2) is 11.9. The van der Waals surface area contributed by atoms with Crippen LogP contribution in [0.15, 0.2) is 48.5 Å². The Morgan fingerprint density at radius 3 is 2.34 bits per heavy atom. The zero-order valence-corrected chi connectivity index (χ0v) is 18.9. The highest BCUT2D eigenvalue weighted by atomic mass is 35.5. The fourth-order valence-corrected chi connectivity index (χ4v) is 2.81. The molecule has 10 heteroatoms. The van der Waals surface area contributed by atoms with Crippen LogP contribution in [0, 0.1) is 5.92 Å². The second-order valence-electron chi connectivity index (χ2n) is 7.60. The summed E-state index contributed by atoms with van der Waals surface area (Å²) >= 11 is 5.85. The highest BCUT2D eigenvalue weighted by Gasteiger charge is 2.26. The zero-order chi connectivity index (χ0) is 23.7. The summed E-state index contributed by atoms with van der Waals surface area (Å²) in [6, 6.07) is 12.9. The molecule has 172 valence electrons. The van der Waals surface area contributed by atoms with Crippen molar-refractivity contribution in [1.82, 2.24) is 21.2 Å². The lowest BCUT2D eigenvalue weighted by Gasteiger charge is -2.24. The summed E-state index contributed by atoms with van der Waals surface area (Å²) in [5.41, 5.74) is 10.4. The lowest BCUT2D eigenvalue weighted by Crippen LogP contribution is -2.54. The average molecular weight is 462 g/mol. The first-order valence-electron chi connectivity index (χ1n) is 10.1. The minimum atomic E-state index is -1.12. The minimum absolute atomic E-state index is 0.148. The fraction of sp³-hybridized carbons (Fsp3) is 0.318. The number of amides is 4. The highest BCUT2D eigenvalue weighted by molar-refractivity contribution is 6.30. The number of carbonyl (C=O) groups excluding carboxylic acids is 2. The third-order valence-electron chi connectivity index (χ3n) is 4.65. The van der Waals surface area contributed by atoms with Crippen LogP contribution < -0.4 is 21.7 Å². The Morgan fingerprint density at radius 1 is 1.03 bits per heavy atom. The number of aliphatic carboxylic acids is 1. The van der Waals surface area contributed by atoms with E-state index in [1.165, 1.54) is 6.92 Å². The van der Waals surface area contributed by atoms with Gasteiger partial charge in [-0.15, -0.1) is 5.53 Å². The summed E-state index contributed by atoms with van der Waals surface area (Å²) in [7, 11) is 0. The number of carboxylic acids is 1. The number of imide groups is 1. The molecule has 9 nitrogen and oxygen atoms in total. The van der Waals surface area contributed by atoms with E-state index >= 15 is 0 Å². The monoisotopic (exact) mass is 461 g/mol. The molecule has 0 radical (unpaired) electrons. The summed E-state index contributed by atoms with van der Waals surface area (Å²) in [5, 5.41) is 12.4. The van der Waals surface area contributed by atoms with E-state index in [4.69, 9.17) is 11.6 Å². The first-order chi connectivity index (χ1) is 15.2. The number of rotatable bonds is 9. The maximum Gasteiger partial charge on any atom is 0.341 e. The molecular formula is C22H28ClN5O4. The van der Waals surface area contributed by atoms with Crippen molar-refractivity contribution in [2.24, 2.45) is 5.92 Å². The number of nitrogens with one attached hydrogen (secondary N) is 4. The van der Waals surface area contributed by atoms with Crippen molar-refractivity contribution in [2.75, 3.05) is 12.0 Å². The molecule has 0 aliphatic rings. The molecule has 5 N–H and O–H groups in total. The summed E-state index contributed by atoms with van der Waals surface area (Å²) in [4.78, 5) is 37.3. The van der Waals surface area contributed by atoms with Gasteiger partial charge in [-0.1, -0.05) is 56.6 Å². The SMILES string of the molecule is CC(C)c1cccc(NNNC(=O)N(C[C@H](C)C(=O)O)C(=O)NCc2ccc(Cl)cc2)c1. The van der Waals surface area contributed by atoms with Gasteiger partial charge < -0.3 is 15.8 Å². The van der Waals surface area contributed by atoms with E-state index < -0.39 is 23.9 Å². The molecule has 0 unspecified atom stereocenters. The predicted molar refractivity (Wildman–Crippen MR) is 123 cm³/mol. The van der Waals surface area contributed by atoms with Crippen LogP contribution in [0.3, 0.4) is 0 Å². The molecule has 0 aromatic heterocycles. The van der Waals surface area contributed by atoms with Crippen LogP contribution in [0.2, 0.25) is 5.02 Å². The van der Waals surface area contributed by atoms with Gasteiger partial charge in [0.1, 0.15) is 0 Å². The summed E-state index contributed by atoms with van der Waals surface area (Å²) in [6.45, 7) is 5.39. The normalized spacial score (nSPS) is 11.5. The minimum Gasteiger partial charge on any atom is -0.481 e. The summed E-state index contributed by atoms with van der Waals surface area (Å²) < 4.78 is 0. The number of halogens is 1. The molecule has 2 rings (SSSR count). The lowest BCUT2D eigenvalue weighted by atomic mass is 10.0. The molecule has 0 aliphatic heterocycles. The number of hydrogen-bond acceptors (Lipinski definition) is 5. The molecule has 4 amide bonds. The quantitative estimate of drug-likeness (QED) is 0.360. The van der Waals surface area contributed by atoms with Crippen molar-refractivity contribution in [3.05, 3.63) is 64.7 Å². The van der Waals surface area contributed by atoms with Crippen LogP contribution in [-0.2, 0) is 11.3 Å². The van der Waals surface area contributed by atoms with Crippen LogP contribution in [0.25, 0.3) is 0 Å². The Morgan fingerprint density at radius 2 is 1.72 bits per heavy atom. The van der Waals surface area contributed by atoms with Gasteiger partial charge in [0.2, 0.25) is 0 Å². The standard InChI is InChI=1S/C22H28ClN5O4/c1-14(2)17-5-4-6-19(11-17)25-27-26-22(32)28(13-15(3)20(29)30)21(31)24-12-16-7-9-18(23)10-8-16/h4-11,14-15,25,27H,12-13H2,1-3H3,(H,24,31)(H,26,32)(H,29,30)/t15-/m0/s1. The van der Waals surface area contributed by atoms with Crippen molar-refractivity contribution < 1.29 is 19.5 Å². The molecule has 1 atom stereocenters. The molecular weight excluding hydrogens is 434 g/mol. The van der Waals surface area contributed by atoms with E-state index in [1.54, 1.807) is 24.3 Å². The molecule has 0 heterocycles. The lowest BCUT2D eigenvalue weighted by molar-refractivity contribution is -0.141. The van der Waals surface area contributed by atoms with Crippen LogP contribution in [-0.4, -0.2) is 34.6 Å². The maximum absolute atomic E-state index is 12.6. The summed E-state index contributed by atoms with van der Waals surface area (Å²) in [5.74, 6) is -1.73. The molecule has 32 heavy (non-hydrogen) atoms. The van der Waals surface area contributed by atoms with Gasteiger partial charge in [-0.2, -0.15) is 0 Å². The van der Waals surface area contributed by atoms with E-state index in [-0.39, 0.29) is 13.1 Å². The van der Waals surface area contributed by atoms with E-state index in [0.29, 0.717) is 16.6 Å². The number of urea groups is 2. The first-order valence-corrected chi connectivity index (χ1v) is 10.5. The van der Waals surface area contributed by atoms with Crippen molar-refractivity contribution in [3.8, 4) is 0 Å². The van der Waals surface area contributed by atoms with Gasteiger partial charge in [-0.05, 0) is 41.3 Å². The zero-order valence-electron chi connectivity index (χ0n) is 18.2. The summed E-state index contributed by atoms with van der Waals surface area (Å²) in [6.07, 6.45) is 0. The van der Waals surface area contributed by atoms with Crippen LogP contribution in [0.1, 0.15) is 37.8 Å². The molecule has 0 aliphatic carbocycles. The number of benzene rings is 2. The number of carboxylic acid groups (broad SMARTS) is 1. The van der Waals surface area contributed by atoms with Gasteiger partial charge in [0.05, 0.1) is 11.6 Å². The van der Waals surface area contributed by atoms with E-state index in [2.05, 4.69) is 35.6 Å². The van der Waals surface area contributed by atoms with Gasteiger partial charge in [-0.25, -0.2) is 14.5 Å². The first kappa shape index (κ1) is 25.0. The molecule has 2 aromatic carbocycles. The Balaban J connectivity index is 1.98. The van der Waals surface area contributed by atoms with Crippen LogP contribution >= 0.6 is 11.6 Å². The van der Waals surface area contributed by atoms with Crippen molar-refractivity contribution in [2.45, 2.75) is 33.2 Å². The van der Waals surface area contributed by atoms with Gasteiger partial charge in [0.25, 0.3) is 0 Å². The molecule has 0 spiro atoms. The smallest absolute Gasteiger partial charge is 0.341 e. The number of hydrogen-bond donors (Lipinski definition) is 5. The molecule has 0 saturated heterocycles. The Kier molecular flexibility index (Phi) is 9.30. The number of nitrogens with zero attached hydrogens (tertiary/aromatic N) is 1. The molecule has 0 bridgehead atoms. The highest BCUT2D eigenvalue weighted by Crippen LogP contribution is 2.17. The third-order valence-corrected chi connectivity index (χ3v) is 4.91. The van der Waals surface area contributed by atoms with E-state index in [9.17, 15) is 19.5 Å². The van der Waals surface area contributed by atoms with Gasteiger partial charge in [0, 0.05) is 18.1 Å². The van der Waals surface area contributed by atoms with E-state index in [0.717, 1.165) is 16.0 Å². The molecule has 0 saturated carbocycles. The Hall–Kier alpha value is -3.30. The van der Waals surface area contributed by atoms with E-state index in [1.807, 2.05) is 24.3 Å². The fourth-order valence-electron chi connectivity index (χ4n) is 2.69. The van der Waals surface area contributed by atoms with Gasteiger partial charge in [-0.3, -0.25) is 10.2 Å².